The number of para-hydroxylation sites is 2. The van der Waals surface area contributed by atoms with Crippen LogP contribution in [0.2, 0.25) is 0 Å². The van der Waals surface area contributed by atoms with E-state index in [-0.39, 0.29) is 10.5 Å². The Balaban J connectivity index is 2.36. The van der Waals surface area contributed by atoms with Gasteiger partial charge < -0.3 is 9.72 Å². The lowest BCUT2D eigenvalue weighted by atomic mass is 10.3. The van der Waals surface area contributed by atoms with Crippen LogP contribution in [-0.4, -0.2) is 20.5 Å². The molecule has 2 rings (SSSR count). The predicted molar refractivity (Wildman–Crippen MR) is 70.9 cm³/mol. The number of H-pyrrole nitrogens is 1. The van der Waals surface area contributed by atoms with Crippen LogP contribution in [0.4, 0.5) is 5.69 Å². The fourth-order valence-electron chi connectivity index (χ4n) is 1.50. The molecule has 0 aliphatic carbocycles. The van der Waals surface area contributed by atoms with Gasteiger partial charge in [0.2, 0.25) is 5.56 Å². The molecule has 0 saturated carbocycles. The number of anilines is 1. The first kappa shape index (κ1) is 13.2. The highest BCUT2D eigenvalue weighted by Crippen LogP contribution is 2.25. The molecule has 1 aromatic heterocycles. The van der Waals surface area contributed by atoms with Crippen LogP contribution >= 0.6 is 0 Å². The minimum atomic E-state index is -3.76. The smallest absolute Gasteiger partial charge is 0.263 e. The Labute approximate surface area is 110 Å². The van der Waals surface area contributed by atoms with Crippen molar-refractivity contribution < 1.29 is 13.2 Å². The number of ether oxygens (including phenoxy) is 1. The van der Waals surface area contributed by atoms with Gasteiger partial charge in [-0.25, -0.2) is 8.42 Å². The summed E-state index contributed by atoms with van der Waals surface area (Å²) in [4.78, 5) is 13.2. The summed E-state index contributed by atoms with van der Waals surface area (Å²) < 4.78 is 31.6. The number of methoxy groups -OCH3 is 1. The van der Waals surface area contributed by atoms with Gasteiger partial charge in [-0.15, -0.1) is 0 Å². The minimum Gasteiger partial charge on any atom is -0.495 e. The summed E-state index contributed by atoms with van der Waals surface area (Å²) in [5.74, 6) is 0.412. The molecule has 1 aromatic carbocycles. The normalized spacial score (nSPS) is 11.0. The van der Waals surface area contributed by atoms with Gasteiger partial charge in [-0.3, -0.25) is 9.52 Å². The summed E-state index contributed by atoms with van der Waals surface area (Å²) >= 11 is 0. The summed E-state index contributed by atoms with van der Waals surface area (Å²) in [5.41, 5.74) is -0.0348. The lowest BCUT2D eigenvalue weighted by Crippen LogP contribution is -2.15. The second-order valence-corrected chi connectivity index (χ2v) is 5.38. The van der Waals surface area contributed by atoms with E-state index < -0.39 is 10.0 Å². The van der Waals surface area contributed by atoms with E-state index >= 15 is 0 Å². The number of benzene rings is 1. The van der Waals surface area contributed by atoms with Crippen LogP contribution in [0.15, 0.2) is 52.3 Å². The van der Waals surface area contributed by atoms with Crippen LogP contribution in [0.3, 0.4) is 0 Å². The Bertz CT molecular complexity index is 717. The molecular weight excluding hydrogens is 268 g/mol. The van der Waals surface area contributed by atoms with E-state index in [1.54, 1.807) is 24.3 Å². The Morgan fingerprint density at radius 3 is 2.53 bits per heavy atom. The Kier molecular flexibility index (Phi) is 3.57. The van der Waals surface area contributed by atoms with Crippen molar-refractivity contribution >= 4 is 15.7 Å². The first-order valence-electron chi connectivity index (χ1n) is 5.37. The highest BCUT2D eigenvalue weighted by atomic mass is 32.2. The number of hydrogen-bond acceptors (Lipinski definition) is 4. The van der Waals surface area contributed by atoms with Crippen molar-refractivity contribution in [1.29, 1.82) is 0 Å². The number of pyridine rings is 1. The van der Waals surface area contributed by atoms with Gasteiger partial charge in [0, 0.05) is 12.3 Å². The fraction of sp³-hybridized carbons (Fsp3) is 0.0833. The average molecular weight is 280 g/mol. The molecule has 0 radical (unpaired) electrons. The Morgan fingerprint density at radius 2 is 1.89 bits per heavy atom. The topological polar surface area (TPSA) is 88.3 Å². The second kappa shape index (κ2) is 5.15. The predicted octanol–water partition coefficient (Wildman–Crippen LogP) is 1.18. The number of sulfonamides is 1. The van der Waals surface area contributed by atoms with Crippen molar-refractivity contribution in [1.82, 2.24) is 4.98 Å². The van der Waals surface area contributed by atoms with Gasteiger partial charge in [0.15, 0.2) is 0 Å². The molecule has 0 aliphatic heterocycles. The summed E-state index contributed by atoms with van der Waals surface area (Å²) in [5, 5.41) is 0. The van der Waals surface area contributed by atoms with Gasteiger partial charge >= 0.3 is 0 Å². The van der Waals surface area contributed by atoms with Crippen LogP contribution in [0, 0.1) is 0 Å². The molecule has 0 saturated heterocycles. The zero-order valence-electron chi connectivity index (χ0n) is 10.1. The molecule has 7 heteroatoms. The van der Waals surface area contributed by atoms with Crippen molar-refractivity contribution in [2.24, 2.45) is 0 Å². The Hall–Kier alpha value is -2.28. The van der Waals surface area contributed by atoms with Gasteiger partial charge in [-0.2, -0.15) is 0 Å². The van der Waals surface area contributed by atoms with Gasteiger partial charge in [0.1, 0.15) is 10.6 Å². The number of nitrogens with one attached hydrogen (secondary N) is 2. The van der Waals surface area contributed by atoms with Crippen LogP contribution in [0.25, 0.3) is 0 Å². The van der Waals surface area contributed by atoms with Crippen molar-refractivity contribution in [2.45, 2.75) is 4.90 Å². The quantitative estimate of drug-likeness (QED) is 0.880. The van der Waals surface area contributed by atoms with Crippen LogP contribution in [0.1, 0.15) is 0 Å². The number of hydrogen-bond donors (Lipinski definition) is 2. The minimum absolute atomic E-state index is 0.0296. The van der Waals surface area contributed by atoms with E-state index in [0.29, 0.717) is 11.4 Å². The lowest BCUT2D eigenvalue weighted by Gasteiger charge is -2.11. The van der Waals surface area contributed by atoms with E-state index in [1.165, 1.54) is 13.2 Å². The maximum Gasteiger partial charge on any atom is 0.263 e. The molecule has 0 amide bonds. The summed E-state index contributed by atoms with van der Waals surface area (Å²) in [7, 11) is -2.31. The maximum atomic E-state index is 12.1. The molecule has 2 aromatic rings. The third kappa shape index (κ3) is 2.94. The maximum absolute atomic E-state index is 12.1. The first-order valence-corrected chi connectivity index (χ1v) is 6.86. The molecule has 19 heavy (non-hydrogen) atoms. The van der Waals surface area contributed by atoms with Crippen molar-refractivity contribution in [3.63, 3.8) is 0 Å². The van der Waals surface area contributed by atoms with E-state index in [0.717, 1.165) is 12.3 Å². The molecule has 2 N–H and O–H groups in total. The molecule has 100 valence electrons. The van der Waals surface area contributed by atoms with E-state index in [1.807, 2.05) is 0 Å². The van der Waals surface area contributed by atoms with Gasteiger partial charge in [-0.1, -0.05) is 12.1 Å². The molecule has 0 spiro atoms. The van der Waals surface area contributed by atoms with E-state index in [2.05, 4.69) is 9.71 Å². The summed E-state index contributed by atoms with van der Waals surface area (Å²) in [6.45, 7) is 0. The highest BCUT2D eigenvalue weighted by molar-refractivity contribution is 7.92. The van der Waals surface area contributed by atoms with E-state index in [4.69, 9.17) is 4.74 Å². The zero-order chi connectivity index (χ0) is 13.9. The molecule has 0 fully saturated rings. The molecule has 0 atom stereocenters. The van der Waals surface area contributed by atoms with Crippen LogP contribution < -0.4 is 15.0 Å². The molecule has 6 nitrogen and oxygen atoms in total. The van der Waals surface area contributed by atoms with Gasteiger partial charge in [0.25, 0.3) is 10.0 Å². The fourth-order valence-corrected chi connectivity index (χ4v) is 2.53. The summed E-state index contributed by atoms with van der Waals surface area (Å²) in [6.07, 6.45) is 1.14. The highest BCUT2D eigenvalue weighted by Gasteiger charge is 2.16. The van der Waals surface area contributed by atoms with Crippen molar-refractivity contribution in [3.05, 3.63) is 52.9 Å². The molecule has 0 bridgehead atoms. The standard InChI is InChI=1S/C12H12N2O4S/c1-18-11-5-3-2-4-10(11)14-19(16,17)9-6-7-12(15)13-8-9/h2-8,14H,1H3,(H,13,15). The third-order valence-electron chi connectivity index (χ3n) is 2.42. The average Bonchev–Trinajstić information content (AvgIpc) is 2.39. The summed E-state index contributed by atoms with van der Waals surface area (Å²) in [6, 6.07) is 9.03. The third-order valence-corrected chi connectivity index (χ3v) is 3.78. The monoisotopic (exact) mass is 280 g/mol. The number of aromatic nitrogens is 1. The molecule has 1 heterocycles. The first-order chi connectivity index (χ1) is 9.03. The van der Waals surface area contributed by atoms with Gasteiger partial charge in [0.05, 0.1) is 12.8 Å². The van der Waals surface area contributed by atoms with Gasteiger partial charge in [-0.05, 0) is 18.2 Å². The molecule has 0 unspecified atom stereocenters. The SMILES string of the molecule is COc1ccccc1NS(=O)(=O)c1ccc(=O)[nH]c1. The number of rotatable bonds is 4. The van der Waals surface area contributed by atoms with E-state index in [9.17, 15) is 13.2 Å². The van der Waals surface area contributed by atoms with Crippen LogP contribution in [0.5, 0.6) is 5.75 Å². The number of aromatic amines is 1. The zero-order valence-corrected chi connectivity index (χ0v) is 10.9. The second-order valence-electron chi connectivity index (χ2n) is 3.69. The molecular formula is C12H12N2O4S. The Morgan fingerprint density at radius 1 is 1.16 bits per heavy atom. The largest absolute Gasteiger partial charge is 0.495 e. The van der Waals surface area contributed by atoms with Crippen LogP contribution in [-0.2, 0) is 10.0 Å². The lowest BCUT2D eigenvalue weighted by molar-refractivity contribution is 0.417. The van der Waals surface area contributed by atoms with Crippen molar-refractivity contribution in [3.8, 4) is 5.75 Å². The van der Waals surface area contributed by atoms with Crippen molar-refractivity contribution in [2.75, 3.05) is 11.8 Å². The molecule has 0 aliphatic rings.